The molecule has 3 heteroatoms. The molecule has 1 aliphatic heterocycles. The Morgan fingerprint density at radius 1 is 1.42 bits per heavy atom. The van der Waals surface area contributed by atoms with Crippen molar-refractivity contribution in [2.75, 3.05) is 11.4 Å². The summed E-state index contributed by atoms with van der Waals surface area (Å²) >= 11 is 0. The van der Waals surface area contributed by atoms with E-state index in [1.165, 1.54) is 6.42 Å². The quantitative estimate of drug-likeness (QED) is 0.886. The van der Waals surface area contributed by atoms with E-state index in [9.17, 15) is 5.11 Å². The molecule has 1 aromatic carbocycles. The number of nitriles is 1. The van der Waals surface area contributed by atoms with Crippen LogP contribution in [0.4, 0.5) is 5.69 Å². The molecule has 1 aliphatic rings. The maximum absolute atomic E-state index is 9.93. The number of aliphatic hydroxyl groups excluding tert-OH is 1. The standard InChI is InChI=1S/C16H22N2O/c1-11-6-7-18(12(2)8-11)16-9-14(10-17)4-5-15(16)13(3)19/h4-5,9,11-13,19H,6-8H2,1-3H3. The van der Waals surface area contributed by atoms with E-state index in [1.807, 2.05) is 12.1 Å². The van der Waals surface area contributed by atoms with Crippen LogP contribution in [-0.2, 0) is 0 Å². The van der Waals surface area contributed by atoms with E-state index in [1.54, 1.807) is 13.0 Å². The monoisotopic (exact) mass is 258 g/mol. The molecule has 0 amide bonds. The highest BCUT2D eigenvalue weighted by Crippen LogP contribution is 2.33. The minimum atomic E-state index is -0.505. The highest BCUT2D eigenvalue weighted by molar-refractivity contribution is 5.59. The molecule has 0 aliphatic carbocycles. The summed E-state index contributed by atoms with van der Waals surface area (Å²) in [5.74, 6) is 0.750. The molecule has 19 heavy (non-hydrogen) atoms. The van der Waals surface area contributed by atoms with Gasteiger partial charge in [-0.2, -0.15) is 5.26 Å². The molecule has 0 saturated carbocycles. The average molecular weight is 258 g/mol. The van der Waals surface area contributed by atoms with Crippen LogP contribution in [0.15, 0.2) is 18.2 Å². The first-order valence-corrected chi connectivity index (χ1v) is 7.01. The number of hydrogen-bond acceptors (Lipinski definition) is 3. The molecular formula is C16H22N2O. The Morgan fingerprint density at radius 3 is 2.74 bits per heavy atom. The Hall–Kier alpha value is -1.53. The Kier molecular flexibility index (Phi) is 4.11. The highest BCUT2D eigenvalue weighted by Gasteiger charge is 2.25. The van der Waals surface area contributed by atoms with Crippen LogP contribution >= 0.6 is 0 Å². The van der Waals surface area contributed by atoms with Gasteiger partial charge in [0.25, 0.3) is 0 Å². The normalized spacial score (nSPS) is 24.9. The molecule has 1 N–H and O–H groups in total. The van der Waals surface area contributed by atoms with E-state index in [2.05, 4.69) is 24.8 Å². The lowest BCUT2D eigenvalue weighted by molar-refractivity contribution is 0.199. The molecule has 102 valence electrons. The number of nitrogens with zero attached hydrogens (tertiary/aromatic N) is 2. The van der Waals surface area contributed by atoms with Gasteiger partial charge in [-0.15, -0.1) is 0 Å². The molecule has 1 saturated heterocycles. The lowest BCUT2D eigenvalue weighted by atomic mass is 9.91. The molecule has 0 bridgehead atoms. The minimum absolute atomic E-state index is 0.454. The third-order valence-corrected chi connectivity index (χ3v) is 4.06. The molecule has 1 heterocycles. The van der Waals surface area contributed by atoms with Gasteiger partial charge < -0.3 is 10.0 Å². The highest BCUT2D eigenvalue weighted by atomic mass is 16.3. The zero-order chi connectivity index (χ0) is 14.0. The van der Waals surface area contributed by atoms with Gasteiger partial charge >= 0.3 is 0 Å². The molecule has 3 nitrogen and oxygen atoms in total. The number of hydrogen-bond donors (Lipinski definition) is 1. The van der Waals surface area contributed by atoms with Gasteiger partial charge in [0.05, 0.1) is 17.7 Å². The molecule has 0 aromatic heterocycles. The number of piperidine rings is 1. The SMILES string of the molecule is CC1CCN(c2cc(C#N)ccc2C(C)O)C(C)C1. The Bertz CT molecular complexity index is 490. The predicted molar refractivity (Wildman–Crippen MR) is 77.0 cm³/mol. The van der Waals surface area contributed by atoms with Crippen LogP contribution in [0.25, 0.3) is 0 Å². The van der Waals surface area contributed by atoms with E-state index in [4.69, 9.17) is 5.26 Å². The maximum atomic E-state index is 9.93. The fourth-order valence-electron chi connectivity index (χ4n) is 2.98. The smallest absolute Gasteiger partial charge is 0.0992 e. The third kappa shape index (κ3) is 2.90. The van der Waals surface area contributed by atoms with Crippen LogP contribution in [0.5, 0.6) is 0 Å². The zero-order valence-electron chi connectivity index (χ0n) is 11.9. The third-order valence-electron chi connectivity index (χ3n) is 4.06. The van der Waals surface area contributed by atoms with Crippen molar-refractivity contribution in [1.82, 2.24) is 0 Å². The van der Waals surface area contributed by atoms with E-state index >= 15 is 0 Å². The number of aliphatic hydroxyl groups is 1. The van der Waals surface area contributed by atoms with Gasteiger partial charge in [0.2, 0.25) is 0 Å². The molecule has 2 rings (SSSR count). The van der Waals surface area contributed by atoms with Gasteiger partial charge in [0.1, 0.15) is 0 Å². The van der Waals surface area contributed by atoms with Crippen molar-refractivity contribution in [3.05, 3.63) is 29.3 Å². The first kappa shape index (κ1) is 13.9. The van der Waals surface area contributed by atoms with Gasteiger partial charge in [-0.1, -0.05) is 13.0 Å². The Labute approximate surface area is 115 Å². The minimum Gasteiger partial charge on any atom is -0.389 e. The van der Waals surface area contributed by atoms with Crippen LogP contribution in [0.3, 0.4) is 0 Å². The number of benzene rings is 1. The van der Waals surface area contributed by atoms with Gasteiger partial charge in [0, 0.05) is 23.8 Å². The molecule has 3 unspecified atom stereocenters. The fraction of sp³-hybridized carbons (Fsp3) is 0.562. The van der Waals surface area contributed by atoms with Crippen molar-refractivity contribution < 1.29 is 5.11 Å². The zero-order valence-corrected chi connectivity index (χ0v) is 11.9. The van der Waals surface area contributed by atoms with Crippen molar-refractivity contribution in [2.24, 2.45) is 5.92 Å². The second-order valence-corrected chi connectivity index (χ2v) is 5.73. The van der Waals surface area contributed by atoms with Gasteiger partial charge in [-0.3, -0.25) is 0 Å². The molecule has 0 spiro atoms. The van der Waals surface area contributed by atoms with Gasteiger partial charge in [-0.25, -0.2) is 0 Å². The van der Waals surface area contributed by atoms with Crippen LogP contribution in [0.1, 0.15) is 50.8 Å². The number of rotatable bonds is 2. The van der Waals surface area contributed by atoms with Crippen LogP contribution in [0.2, 0.25) is 0 Å². The molecule has 0 radical (unpaired) electrons. The molecule has 1 aromatic rings. The lowest BCUT2D eigenvalue weighted by Crippen LogP contribution is -2.40. The van der Waals surface area contributed by atoms with Gasteiger partial charge in [-0.05, 0) is 44.7 Å². The maximum Gasteiger partial charge on any atom is 0.0992 e. The molecular weight excluding hydrogens is 236 g/mol. The summed E-state index contributed by atoms with van der Waals surface area (Å²) in [6.07, 6.45) is 1.82. The van der Waals surface area contributed by atoms with E-state index in [0.717, 1.165) is 30.1 Å². The summed E-state index contributed by atoms with van der Waals surface area (Å²) in [5.41, 5.74) is 2.60. The van der Waals surface area contributed by atoms with Crippen LogP contribution < -0.4 is 4.90 Å². The lowest BCUT2D eigenvalue weighted by Gasteiger charge is -2.39. The van der Waals surface area contributed by atoms with Crippen molar-refractivity contribution in [3.63, 3.8) is 0 Å². The first-order chi connectivity index (χ1) is 9.02. The average Bonchev–Trinajstić information content (AvgIpc) is 2.38. The first-order valence-electron chi connectivity index (χ1n) is 7.01. The Balaban J connectivity index is 2.39. The fourth-order valence-corrected chi connectivity index (χ4v) is 2.98. The summed E-state index contributed by atoms with van der Waals surface area (Å²) in [6, 6.07) is 8.21. The summed E-state index contributed by atoms with van der Waals surface area (Å²) in [7, 11) is 0. The summed E-state index contributed by atoms with van der Waals surface area (Å²) in [6.45, 7) is 7.29. The van der Waals surface area contributed by atoms with Crippen LogP contribution in [0, 0.1) is 17.2 Å². The van der Waals surface area contributed by atoms with Crippen molar-refractivity contribution in [3.8, 4) is 6.07 Å². The summed E-state index contributed by atoms with van der Waals surface area (Å²) in [4.78, 5) is 2.34. The number of anilines is 1. The second kappa shape index (κ2) is 5.63. The van der Waals surface area contributed by atoms with Crippen molar-refractivity contribution in [1.29, 1.82) is 5.26 Å². The molecule has 3 atom stereocenters. The topological polar surface area (TPSA) is 47.3 Å². The van der Waals surface area contributed by atoms with Gasteiger partial charge in [0.15, 0.2) is 0 Å². The van der Waals surface area contributed by atoms with E-state index in [-0.39, 0.29) is 0 Å². The van der Waals surface area contributed by atoms with Crippen molar-refractivity contribution in [2.45, 2.75) is 45.8 Å². The Morgan fingerprint density at radius 2 is 2.16 bits per heavy atom. The second-order valence-electron chi connectivity index (χ2n) is 5.73. The largest absolute Gasteiger partial charge is 0.389 e. The molecule has 1 fully saturated rings. The summed E-state index contributed by atoms with van der Waals surface area (Å²) in [5, 5.41) is 19.0. The van der Waals surface area contributed by atoms with E-state index < -0.39 is 6.10 Å². The van der Waals surface area contributed by atoms with Crippen LogP contribution in [-0.4, -0.2) is 17.7 Å². The van der Waals surface area contributed by atoms with Crippen molar-refractivity contribution >= 4 is 5.69 Å². The van der Waals surface area contributed by atoms with E-state index in [0.29, 0.717) is 11.6 Å². The summed E-state index contributed by atoms with van der Waals surface area (Å²) < 4.78 is 0. The predicted octanol–water partition coefficient (Wildman–Crippen LogP) is 3.24.